The Morgan fingerprint density at radius 2 is 1.93 bits per heavy atom. The molecule has 1 fully saturated rings. The minimum atomic E-state index is -0.772. The Morgan fingerprint density at radius 3 is 2.59 bits per heavy atom. The summed E-state index contributed by atoms with van der Waals surface area (Å²) in [5, 5.41) is 9.08. The first-order valence-corrected chi connectivity index (χ1v) is 10.1. The number of anilines is 1. The van der Waals surface area contributed by atoms with Crippen LogP contribution in [0.2, 0.25) is 0 Å². The minimum Gasteiger partial charge on any atom is -0.480 e. The number of benzene rings is 1. The number of piperidine rings is 1. The Balaban J connectivity index is 1.60. The van der Waals surface area contributed by atoms with Crippen molar-refractivity contribution in [2.45, 2.75) is 51.6 Å². The van der Waals surface area contributed by atoms with E-state index in [1.54, 1.807) is 0 Å². The summed E-state index contributed by atoms with van der Waals surface area (Å²) in [6.07, 6.45) is 3.87. The number of para-hydroxylation sites is 1. The number of rotatable bonds is 6. The maximum atomic E-state index is 13.2. The number of carbonyl (C=O) groups excluding carboxylic acids is 1. The average Bonchev–Trinajstić information content (AvgIpc) is 2.70. The number of aliphatic carboxylic acids is 1. The SMILES string of the molecule is CCN(CC(=O)O)C1CCN(C(C)C(=O)N2CCCc3ccccc32)CC1. The smallest absolute Gasteiger partial charge is 0.317 e. The van der Waals surface area contributed by atoms with Crippen LogP contribution in [0.15, 0.2) is 24.3 Å². The van der Waals surface area contributed by atoms with E-state index in [0.717, 1.165) is 57.5 Å². The number of carbonyl (C=O) groups is 2. The normalized spacial score (nSPS) is 19.7. The first kappa shape index (κ1) is 19.8. The number of fused-ring (bicyclic) bond motifs is 1. The molecule has 3 rings (SSSR count). The zero-order chi connectivity index (χ0) is 19.4. The molecule has 0 bridgehead atoms. The van der Waals surface area contributed by atoms with E-state index >= 15 is 0 Å². The van der Waals surface area contributed by atoms with Gasteiger partial charge in [0.25, 0.3) is 0 Å². The van der Waals surface area contributed by atoms with Crippen molar-refractivity contribution in [1.82, 2.24) is 9.80 Å². The molecule has 6 heteroatoms. The maximum Gasteiger partial charge on any atom is 0.317 e. The number of likely N-dealkylation sites (tertiary alicyclic amines) is 1. The van der Waals surface area contributed by atoms with Crippen molar-refractivity contribution in [3.05, 3.63) is 29.8 Å². The molecule has 0 spiro atoms. The van der Waals surface area contributed by atoms with Gasteiger partial charge in [-0.2, -0.15) is 0 Å². The minimum absolute atomic E-state index is 0.0974. The van der Waals surface area contributed by atoms with Crippen LogP contribution in [-0.2, 0) is 16.0 Å². The molecule has 0 radical (unpaired) electrons. The first-order valence-electron chi connectivity index (χ1n) is 10.1. The fraction of sp³-hybridized carbons (Fsp3) is 0.619. The molecule has 1 aromatic carbocycles. The lowest BCUT2D eigenvalue weighted by atomic mass is 9.99. The van der Waals surface area contributed by atoms with E-state index in [4.69, 9.17) is 5.11 Å². The third-order valence-corrected chi connectivity index (χ3v) is 6.04. The van der Waals surface area contributed by atoms with Gasteiger partial charge in [0.1, 0.15) is 0 Å². The second-order valence-electron chi connectivity index (χ2n) is 7.62. The maximum absolute atomic E-state index is 13.2. The van der Waals surface area contributed by atoms with Crippen molar-refractivity contribution in [1.29, 1.82) is 0 Å². The van der Waals surface area contributed by atoms with Gasteiger partial charge in [0.05, 0.1) is 12.6 Å². The Labute approximate surface area is 161 Å². The highest BCUT2D eigenvalue weighted by Crippen LogP contribution is 2.28. The summed E-state index contributed by atoms with van der Waals surface area (Å²) >= 11 is 0. The van der Waals surface area contributed by atoms with Gasteiger partial charge in [0, 0.05) is 31.4 Å². The van der Waals surface area contributed by atoms with E-state index in [0.29, 0.717) is 6.04 Å². The number of nitrogens with zero attached hydrogens (tertiary/aromatic N) is 3. The number of amides is 1. The highest BCUT2D eigenvalue weighted by Gasteiger charge is 2.33. The van der Waals surface area contributed by atoms with Crippen LogP contribution >= 0.6 is 0 Å². The lowest BCUT2D eigenvalue weighted by molar-refractivity contribution is -0.139. The highest BCUT2D eigenvalue weighted by molar-refractivity contribution is 5.98. The predicted octanol–water partition coefficient (Wildman–Crippen LogP) is 2.23. The van der Waals surface area contributed by atoms with Crippen LogP contribution < -0.4 is 4.90 Å². The van der Waals surface area contributed by atoms with Crippen molar-refractivity contribution in [2.75, 3.05) is 37.6 Å². The molecule has 1 N–H and O–H groups in total. The summed E-state index contributed by atoms with van der Waals surface area (Å²) < 4.78 is 0. The molecule has 2 heterocycles. The summed E-state index contributed by atoms with van der Waals surface area (Å²) in [6, 6.07) is 8.36. The van der Waals surface area contributed by atoms with Crippen LogP contribution in [0.5, 0.6) is 0 Å². The Kier molecular flexibility index (Phi) is 6.50. The second-order valence-corrected chi connectivity index (χ2v) is 7.62. The fourth-order valence-electron chi connectivity index (χ4n) is 4.46. The van der Waals surface area contributed by atoms with Gasteiger partial charge in [-0.05, 0) is 50.8 Å². The molecule has 148 valence electrons. The molecular weight excluding hydrogens is 342 g/mol. The van der Waals surface area contributed by atoms with Gasteiger partial charge >= 0.3 is 5.97 Å². The molecule has 0 aliphatic carbocycles. The molecule has 6 nitrogen and oxygen atoms in total. The Bertz CT molecular complexity index is 670. The molecule has 0 aromatic heterocycles. The van der Waals surface area contributed by atoms with E-state index in [1.807, 2.05) is 35.8 Å². The lowest BCUT2D eigenvalue weighted by Gasteiger charge is -2.41. The van der Waals surface area contributed by atoms with Crippen LogP contribution in [0.1, 0.15) is 38.7 Å². The first-order chi connectivity index (χ1) is 13.0. The van der Waals surface area contributed by atoms with Crippen molar-refractivity contribution in [3.63, 3.8) is 0 Å². The number of hydrogen-bond acceptors (Lipinski definition) is 4. The van der Waals surface area contributed by atoms with Crippen LogP contribution in [0.4, 0.5) is 5.69 Å². The van der Waals surface area contributed by atoms with Crippen molar-refractivity contribution in [3.8, 4) is 0 Å². The summed E-state index contributed by atoms with van der Waals surface area (Å²) in [7, 11) is 0. The van der Waals surface area contributed by atoms with Crippen LogP contribution in [0, 0.1) is 0 Å². The van der Waals surface area contributed by atoms with E-state index in [9.17, 15) is 9.59 Å². The third-order valence-electron chi connectivity index (χ3n) is 6.04. The van der Waals surface area contributed by atoms with Gasteiger partial charge in [0.2, 0.25) is 5.91 Å². The van der Waals surface area contributed by atoms with Crippen molar-refractivity contribution in [2.24, 2.45) is 0 Å². The molecule has 1 aromatic rings. The molecule has 2 aliphatic rings. The lowest BCUT2D eigenvalue weighted by Crippen LogP contribution is -2.53. The summed E-state index contributed by atoms with van der Waals surface area (Å²) in [6.45, 7) is 7.32. The molecule has 0 saturated carbocycles. The molecule has 1 amide bonds. The van der Waals surface area contributed by atoms with E-state index < -0.39 is 5.97 Å². The zero-order valence-corrected chi connectivity index (χ0v) is 16.4. The highest BCUT2D eigenvalue weighted by atomic mass is 16.4. The second kappa shape index (κ2) is 8.85. The molecular formula is C21H31N3O3. The topological polar surface area (TPSA) is 64.1 Å². The van der Waals surface area contributed by atoms with Crippen LogP contribution in [-0.4, -0.2) is 71.6 Å². The quantitative estimate of drug-likeness (QED) is 0.828. The third kappa shape index (κ3) is 4.50. The Hall–Kier alpha value is -1.92. The van der Waals surface area contributed by atoms with Gasteiger partial charge in [-0.25, -0.2) is 0 Å². The van der Waals surface area contributed by atoms with E-state index in [-0.39, 0.29) is 18.5 Å². The predicted molar refractivity (Wildman–Crippen MR) is 106 cm³/mol. The number of carboxylic acids is 1. The van der Waals surface area contributed by atoms with E-state index in [2.05, 4.69) is 17.0 Å². The summed E-state index contributed by atoms with van der Waals surface area (Å²) in [5.41, 5.74) is 2.32. The van der Waals surface area contributed by atoms with Crippen LogP contribution in [0.25, 0.3) is 0 Å². The number of carboxylic acid groups (broad SMARTS) is 1. The van der Waals surface area contributed by atoms with Gasteiger partial charge in [-0.1, -0.05) is 25.1 Å². The molecule has 2 aliphatic heterocycles. The van der Waals surface area contributed by atoms with Crippen molar-refractivity contribution >= 4 is 17.6 Å². The summed E-state index contributed by atoms with van der Waals surface area (Å²) in [4.78, 5) is 30.5. The van der Waals surface area contributed by atoms with Gasteiger partial charge in [-0.3, -0.25) is 19.4 Å². The van der Waals surface area contributed by atoms with Crippen LogP contribution in [0.3, 0.4) is 0 Å². The van der Waals surface area contributed by atoms with Gasteiger partial charge in [0.15, 0.2) is 0 Å². The molecule has 27 heavy (non-hydrogen) atoms. The molecule has 1 unspecified atom stereocenters. The molecule has 1 atom stereocenters. The standard InChI is InChI=1S/C21H31N3O3/c1-3-22(15-20(25)26)18-10-13-23(14-11-18)16(2)21(27)24-12-6-8-17-7-4-5-9-19(17)24/h4-5,7,9,16,18H,3,6,8,10-15H2,1-2H3,(H,25,26). The van der Waals surface area contributed by atoms with Gasteiger partial charge < -0.3 is 10.0 Å². The van der Waals surface area contributed by atoms with Crippen molar-refractivity contribution < 1.29 is 14.7 Å². The fourth-order valence-corrected chi connectivity index (χ4v) is 4.46. The number of hydrogen-bond donors (Lipinski definition) is 1. The van der Waals surface area contributed by atoms with Gasteiger partial charge in [-0.15, -0.1) is 0 Å². The van der Waals surface area contributed by atoms with E-state index in [1.165, 1.54) is 5.56 Å². The monoisotopic (exact) mass is 373 g/mol. The largest absolute Gasteiger partial charge is 0.480 e. The molecule has 1 saturated heterocycles. The average molecular weight is 373 g/mol. The Morgan fingerprint density at radius 1 is 1.22 bits per heavy atom. The number of likely N-dealkylation sites (N-methyl/N-ethyl adjacent to an activating group) is 1. The zero-order valence-electron chi connectivity index (χ0n) is 16.4. The summed E-state index contributed by atoms with van der Waals surface area (Å²) in [5.74, 6) is -0.593. The number of aryl methyl sites for hydroxylation is 1.